The molecule has 4 heteroatoms. The van der Waals surface area contributed by atoms with Crippen molar-refractivity contribution in [3.63, 3.8) is 0 Å². The van der Waals surface area contributed by atoms with Crippen LogP contribution in [0, 0.1) is 11.6 Å². The molecule has 0 aromatic heterocycles. The van der Waals surface area contributed by atoms with E-state index in [1.165, 1.54) is 24.3 Å². The van der Waals surface area contributed by atoms with Crippen LogP contribution in [0.25, 0.3) is 0 Å². The highest BCUT2D eigenvalue weighted by atomic mass is 19.1. The summed E-state index contributed by atoms with van der Waals surface area (Å²) >= 11 is 0. The number of nitrogens with zero attached hydrogens (tertiary/aromatic N) is 1. The van der Waals surface area contributed by atoms with E-state index in [-0.39, 0.29) is 17.7 Å². The van der Waals surface area contributed by atoms with Crippen LogP contribution in [0.2, 0.25) is 0 Å². The molecule has 2 rings (SSSR count). The van der Waals surface area contributed by atoms with Crippen molar-refractivity contribution in [1.29, 1.82) is 0 Å². The summed E-state index contributed by atoms with van der Waals surface area (Å²) < 4.78 is 26.0. The largest absolute Gasteiger partial charge is 0.363 e. The van der Waals surface area contributed by atoms with Crippen LogP contribution in [0.1, 0.15) is 18.5 Å². The van der Waals surface area contributed by atoms with Crippen LogP contribution in [-0.4, -0.2) is 13.1 Å². The van der Waals surface area contributed by atoms with Crippen LogP contribution in [0.4, 0.5) is 14.5 Å². The van der Waals surface area contributed by atoms with E-state index in [1.54, 1.807) is 24.3 Å². The number of rotatable bonds is 5. The van der Waals surface area contributed by atoms with Crippen molar-refractivity contribution in [2.45, 2.75) is 13.0 Å². The Hall–Kier alpha value is -1.94. The molecule has 1 unspecified atom stereocenters. The number of nitrogens with two attached hydrogens (primary N) is 1. The van der Waals surface area contributed by atoms with Gasteiger partial charge in [-0.05, 0) is 48.9 Å². The molecule has 106 valence electrons. The summed E-state index contributed by atoms with van der Waals surface area (Å²) in [6.45, 7) is 3.14. The van der Waals surface area contributed by atoms with E-state index in [2.05, 4.69) is 4.90 Å². The smallest absolute Gasteiger partial charge is 0.123 e. The van der Waals surface area contributed by atoms with Crippen LogP contribution in [0.5, 0.6) is 0 Å². The molecule has 0 saturated heterocycles. The number of benzene rings is 2. The average molecular weight is 276 g/mol. The first-order valence-electron chi connectivity index (χ1n) is 6.63. The lowest BCUT2D eigenvalue weighted by atomic mass is 10.0. The van der Waals surface area contributed by atoms with Gasteiger partial charge < -0.3 is 10.6 Å². The van der Waals surface area contributed by atoms with E-state index in [0.717, 1.165) is 17.8 Å². The second kappa shape index (κ2) is 6.48. The van der Waals surface area contributed by atoms with Crippen molar-refractivity contribution in [3.05, 3.63) is 65.7 Å². The van der Waals surface area contributed by atoms with Gasteiger partial charge in [0.2, 0.25) is 0 Å². The molecule has 2 aromatic rings. The lowest BCUT2D eigenvalue weighted by Gasteiger charge is -2.32. The minimum atomic E-state index is -0.269. The quantitative estimate of drug-likeness (QED) is 0.905. The van der Waals surface area contributed by atoms with Gasteiger partial charge in [-0.1, -0.05) is 12.1 Å². The van der Waals surface area contributed by atoms with Crippen LogP contribution in [-0.2, 0) is 0 Å². The summed E-state index contributed by atoms with van der Waals surface area (Å²) in [5.41, 5.74) is 7.72. The standard InChI is InChI=1S/C16H18F2N2/c1-2-20(15-9-7-14(18)8-10-15)16(11-19)12-3-5-13(17)6-4-12/h3-10,16H,2,11,19H2,1H3. The third-order valence-corrected chi connectivity index (χ3v) is 3.35. The number of anilines is 1. The molecule has 0 fully saturated rings. The third-order valence-electron chi connectivity index (χ3n) is 3.35. The predicted molar refractivity (Wildman–Crippen MR) is 77.6 cm³/mol. The molecule has 0 radical (unpaired) electrons. The van der Waals surface area contributed by atoms with Crippen molar-refractivity contribution in [2.24, 2.45) is 5.73 Å². The van der Waals surface area contributed by atoms with Crippen LogP contribution in [0.3, 0.4) is 0 Å². The number of halogens is 2. The molecule has 20 heavy (non-hydrogen) atoms. The normalized spacial score (nSPS) is 12.2. The maximum absolute atomic E-state index is 13.0. The second-order valence-electron chi connectivity index (χ2n) is 4.57. The molecule has 0 aliphatic heterocycles. The van der Waals surface area contributed by atoms with E-state index in [9.17, 15) is 8.78 Å². The summed E-state index contributed by atoms with van der Waals surface area (Å²) in [5, 5.41) is 0. The molecule has 1 atom stereocenters. The summed E-state index contributed by atoms with van der Waals surface area (Å²) in [5.74, 6) is -0.537. The fraction of sp³-hybridized carbons (Fsp3) is 0.250. The summed E-state index contributed by atoms with van der Waals surface area (Å²) in [6, 6.07) is 12.6. The Morgan fingerprint density at radius 2 is 1.45 bits per heavy atom. The van der Waals surface area contributed by atoms with Crippen molar-refractivity contribution in [3.8, 4) is 0 Å². The Morgan fingerprint density at radius 3 is 1.90 bits per heavy atom. The first-order chi connectivity index (χ1) is 9.65. The van der Waals surface area contributed by atoms with Gasteiger partial charge in [-0.2, -0.15) is 0 Å². The zero-order chi connectivity index (χ0) is 14.5. The minimum Gasteiger partial charge on any atom is -0.363 e. The lowest BCUT2D eigenvalue weighted by Crippen LogP contribution is -2.33. The molecule has 0 heterocycles. The van der Waals surface area contributed by atoms with Crippen molar-refractivity contribution < 1.29 is 8.78 Å². The van der Waals surface area contributed by atoms with Crippen molar-refractivity contribution in [1.82, 2.24) is 0 Å². The molecule has 0 spiro atoms. The molecular formula is C16H18F2N2. The summed E-state index contributed by atoms with van der Waals surface area (Å²) in [7, 11) is 0. The Morgan fingerprint density at radius 1 is 0.950 bits per heavy atom. The minimum absolute atomic E-state index is 0.0638. The van der Waals surface area contributed by atoms with E-state index in [0.29, 0.717) is 6.54 Å². The zero-order valence-electron chi connectivity index (χ0n) is 11.4. The summed E-state index contributed by atoms with van der Waals surface area (Å²) in [4.78, 5) is 2.08. The van der Waals surface area contributed by atoms with Crippen LogP contribution in [0.15, 0.2) is 48.5 Å². The molecule has 2 N–H and O–H groups in total. The zero-order valence-corrected chi connectivity index (χ0v) is 11.4. The molecule has 2 aromatic carbocycles. The third kappa shape index (κ3) is 3.14. The second-order valence-corrected chi connectivity index (χ2v) is 4.57. The molecule has 0 aliphatic rings. The van der Waals surface area contributed by atoms with E-state index in [4.69, 9.17) is 5.73 Å². The highest BCUT2D eigenvalue weighted by Crippen LogP contribution is 2.26. The molecule has 0 amide bonds. The highest BCUT2D eigenvalue weighted by molar-refractivity contribution is 5.49. The SMILES string of the molecule is CCN(c1ccc(F)cc1)C(CN)c1ccc(F)cc1. The highest BCUT2D eigenvalue weighted by Gasteiger charge is 2.18. The van der Waals surface area contributed by atoms with Crippen molar-refractivity contribution >= 4 is 5.69 Å². The van der Waals surface area contributed by atoms with Gasteiger partial charge in [-0.15, -0.1) is 0 Å². The Kier molecular flexibility index (Phi) is 4.69. The van der Waals surface area contributed by atoms with Gasteiger partial charge in [0.05, 0.1) is 6.04 Å². The van der Waals surface area contributed by atoms with E-state index < -0.39 is 0 Å². The molecular weight excluding hydrogens is 258 g/mol. The van der Waals surface area contributed by atoms with Gasteiger partial charge in [-0.25, -0.2) is 8.78 Å². The average Bonchev–Trinajstić information content (AvgIpc) is 2.47. The number of hydrogen-bond acceptors (Lipinski definition) is 2. The van der Waals surface area contributed by atoms with Gasteiger partial charge >= 0.3 is 0 Å². The van der Waals surface area contributed by atoms with Gasteiger partial charge in [-0.3, -0.25) is 0 Å². The molecule has 0 saturated carbocycles. The predicted octanol–water partition coefficient (Wildman–Crippen LogP) is 3.49. The molecule has 0 bridgehead atoms. The number of hydrogen-bond donors (Lipinski definition) is 1. The van der Waals surface area contributed by atoms with Crippen LogP contribution < -0.4 is 10.6 Å². The van der Waals surface area contributed by atoms with E-state index in [1.807, 2.05) is 6.92 Å². The molecule has 0 aliphatic carbocycles. The molecule has 2 nitrogen and oxygen atoms in total. The topological polar surface area (TPSA) is 29.3 Å². The maximum Gasteiger partial charge on any atom is 0.123 e. The van der Waals surface area contributed by atoms with Gasteiger partial charge in [0, 0.05) is 18.8 Å². The van der Waals surface area contributed by atoms with E-state index >= 15 is 0 Å². The maximum atomic E-state index is 13.0. The van der Waals surface area contributed by atoms with Gasteiger partial charge in [0.25, 0.3) is 0 Å². The van der Waals surface area contributed by atoms with Crippen LogP contribution >= 0.6 is 0 Å². The van der Waals surface area contributed by atoms with Gasteiger partial charge in [0.1, 0.15) is 11.6 Å². The lowest BCUT2D eigenvalue weighted by molar-refractivity contribution is 0.614. The summed E-state index contributed by atoms with van der Waals surface area (Å²) in [6.07, 6.45) is 0. The Balaban J connectivity index is 2.32. The first-order valence-corrected chi connectivity index (χ1v) is 6.63. The van der Waals surface area contributed by atoms with Gasteiger partial charge in [0.15, 0.2) is 0 Å². The number of likely N-dealkylation sites (N-methyl/N-ethyl adjacent to an activating group) is 1. The first kappa shape index (κ1) is 14.5. The Bertz CT molecular complexity index is 486. The fourth-order valence-electron chi connectivity index (χ4n) is 2.34. The monoisotopic (exact) mass is 276 g/mol. The Labute approximate surface area is 117 Å². The fourth-order valence-corrected chi connectivity index (χ4v) is 2.34. The van der Waals surface area contributed by atoms with Crippen molar-refractivity contribution in [2.75, 3.05) is 18.0 Å².